The smallest absolute Gasteiger partial charge is 0.412 e. The molecular weight excluding hydrogens is 592 g/mol. The third-order valence-electron chi connectivity index (χ3n) is 4.93. The van der Waals surface area contributed by atoms with Crippen molar-refractivity contribution in [3.63, 3.8) is 0 Å². The first-order valence-electron chi connectivity index (χ1n) is 10.6. The summed E-state index contributed by atoms with van der Waals surface area (Å²) in [7, 11) is 0. The number of nitrogens with one attached hydrogen (secondary N) is 2. The summed E-state index contributed by atoms with van der Waals surface area (Å²) in [6, 6.07) is 8.23. The molecule has 0 fully saturated rings. The minimum atomic E-state index is -1.00. The molecule has 0 radical (unpaired) electrons. The fraction of sp³-hybridized carbons (Fsp3) is 0.304. The number of carbonyl (C=O) groups excluding carboxylic acids is 2. The van der Waals surface area contributed by atoms with E-state index in [1.54, 1.807) is 43.3 Å². The van der Waals surface area contributed by atoms with Crippen LogP contribution in [0, 0.1) is 0 Å². The van der Waals surface area contributed by atoms with Crippen molar-refractivity contribution in [2.24, 2.45) is 0 Å². The van der Waals surface area contributed by atoms with E-state index < -0.39 is 24.2 Å². The van der Waals surface area contributed by atoms with Crippen LogP contribution in [0.1, 0.15) is 31.4 Å². The molecule has 2 amide bonds. The number of halogens is 2. The Labute approximate surface area is 218 Å². The van der Waals surface area contributed by atoms with E-state index in [9.17, 15) is 14.7 Å². The maximum Gasteiger partial charge on any atom is 0.412 e. The Morgan fingerprint density at radius 3 is 2.71 bits per heavy atom. The van der Waals surface area contributed by atoms with Crippen LogP contribution in [0.15, 0.2) is 51.4 Å². The number of amides is 2. The van der Waals surface area contributed by atoms with Crippen molar-refractivity contribution < 1.29 is 38.9 Å². The second-order valence-electron chi connectivity index (χ2n) is 7.29. The molecule has 0 saturated carbocycles. The number of fused-ring (bicyclic) bond motifs is 1. The number of carbonyl (C=O) groups is 2. The van der Waals surface area contributed by atoms with Gasteiger partial charge in [0.25, 0.3) is 5.91 Å². The number of hydroxylamine groups is 1. The Hall–Kier alpha value is -2.80. The first-order valence-corrected chi connectivity index (χ1v) is 12.2. The molecule has 0 aromatic heterocycles. The zero-order valence-electron chi connectivity index (χ0n) is 18.6. The van der Waals surface area contributed by atoms with Crippen LogP contribution in [0.5, 0.6) is 17.2 Å². The summed E-state index contributed by atoms with van der Waals surface area (Å²) in [5.41, 5.74) is 2.27. The minimum Gasteiger partial charge on any atom is -0.506 e. The van der Waals surface area contributed by atoms with Gasteiger partial charge in [0, 0.05) is 34.5 Å². The van der Waals surface area contributed by atoms with E-state index in [4.69, 9.17) is 24.2 Å². The Bertz CT molecular complexity index is 1100. The Kier molecular flexibility index (Phi) is 9.78. The van der Waals surface area contributed by atoms with Gasteiger partial charge < -0.3 is 24.1 Å². The van der Waals surface area contributed by atoms with E-state index in [-0.39, 0.29) is 12.5 Å². The van der Waals surface area contributed by atoms with Gasteiger partial charge in [0.15, 0.2) is 17.6 Å². The second kappa shape index (κ2) is 12.8. The highest BCUT2D eigenvalue weighted by molar-refractivity contribution is 9.11. The van der Waals surface area contributed by atoms with Crippen molar-refractivity contribution in [3.8, 4) is 17.2 Å². The highest BCUT2D eigenvalue weighted by atomic mass is 79.9. The van der Waals surface area contributed by atoms with Crippen molar-refractivity contribution in [3.05, 3.63) is 57.0 Å². The third kappa shape index (κ3) is 7.34. The highest BCUT2D eigenvalue weighted by Crippen LogP contribution is 2.40. The van der Waals surface area contributed by atoms with E-state index in [1.807, 2.05) is 0 Å². The monoisotopic (exact) mass is 614 g/mol. The predicted molar refractivity (Wildman–Crippen MR) is 133 cm³/mol. The zero-order valence-corrected chi connectivity index (χ0v) is 21.8. The Morgan fingerprint density at radius 2 is 1.97 bits per heavy atom. The predicted octanol–water partition coefficient (Wildman–Crippen LogP) is 5.18. The summed E-state index contributed by atoms with van der Waals surface area (Å²) in [5, 5.41) is 22.0. The van der Waals surface area contributed by atoms with Gasteiger partial charge in [-0.3, -0.25) is 15.3 Å². The molecule has 2 aromatic rings. The van der Waals surface area contributed by atoms with Gasteiger partial charge in [0.2, 0.25) is 6.79 Å². The first kappa shape index (κ1) is 26.8. The summed E-state index contributed by atoms with van der Waals surface area (Å²) in [4.78, 5) is 24.1. The standard InChI is InChI=1S/C23H24Br2N2O8/c1-2-32-18(5-3-4-6-20(28)27-31)22(15-9-13(24)10-16(25)21(15)29)35-23(30)26-14-7-8-17-19(11-14)34-12-33-17/h4,6-11,18,22,29,31H,2-3,5,12H2,1H3,(H,26,30)(H,27,28)/b6-4+/t18-,22-/m0/s1. The maximum atomic E-state index is 12.9. The SMILES string of the molecule is CCO[C@@H](CC/C=C/C(=O)NO)[C@@H](OC(=O)Nc1ccc2c(c1)OCO2)c1cc(Br)cc(Br)c1O. The normalized spacial score (nSPS) is 13.9. The summed E-state index contributed by atoms with van der Waals surface area (Å²) < 4.78 is 23.3. The molecule has 1 aliphatic heterocycles. The Balaban J connectivity index is 1.84. The number of phenols is 1. The molecule has 0 saturated heterocycles. The quantitative estimate of drug-likeness (QED) is 0.163. The number of benzene rings is 2. The van der Waals surface area contributed by atoms with Crippen LogP contribution in [-0.4, -0.2) is 41.8 Å². The lowest BCUT2D eigenvalue weighted by Gasteiger charge is -2.28. The van der Waals surface area contributed by atoms with Crippen LogP contribution >= 0.6 is 31.9 Å². The average Bonchev–Trinajstić information content (AvgIpc) is 3.30. The highest BCUT2D eigenvalue weighted by Gasteiger charge is 2.31. The molecule has 2 aromatic carbocycles. The van der Waals surface area contributed by atoms with Crippen LogP contribution < -0.4 is 20.3 Å². The largest absolute Gasteiger partial charge is 0.506 e. The fourth-order valence-electron chi connectivity index (χ4n) is 3.40. The number of hydrogen-bond acceptors (Lipinski definition) is 8. The molecule has 10 nitrogen and oxygen atoms in total. The van der Waals surface area contributed by atoms with Crippen LogP contribution in [-0.2, 0) is 14.3 Å². The van der Waals surface area contributed by atoms with Gasteiger partial charge in [-0.15, -0.1) is 0 Å². The molecule has 0 unspecified atom stereocenters. The number of ether oxygens (including phenoxy) is 4. The van der Waals surface area contributed by atoms with Gasteiger partial charge in [-0.25, -0.2) is 10.3 Å². The molecule has 1 aliphatic rings. The van der Waals surface area contributed by atoms with E-state index >= 15 is 0 Å². The number of hydrogen-bond donors (Lipinski definition) is 4. The van der Waals surface area contributed by atoms with E-state index in [2.05, 4.69) is 37.2 Å². The average molecular weight is 616 g/mol. The lowest BCUT2D eigenvalue weighted by molar-refractivity contribution is -0.124. The molecular formula is C23H24Br2N2O8. The van der Waals surface area contributed by atoms with Gasteiger partial charge in [0.05, 0.1) is 10.6 Å². The minimum absolute atomic E-state index is 0.103. The fourth-order valence-corrected chi connectivity index (χ4v) is 4.66. The van der Waals surface area contributed by atoms with Crippen molar-refractivity contribution >= 4 is 49.5 Å². The lowest BCUT2D eigenvalue weighted by atomic mass is 9.99. The van der Waals surface area contributed by atoms with Gasteiger partial charge in [-0.2, -0.15) is 0 Å². The molecule has 2 atom stereocenters. The first-order chi connectivity index (χ1) is 16.8. The summed E-state index contributed by atoms with van der Waals surface area (Å²) in [6.07, 6.45) is 1.00. The maximum absolute atomic E-state index is 12.9. The molecule has 0 spiro atoms. The molecule has 12 heteroatoms. The molecule has 0 bridgehead atoms. The molecule has 35 heavy (non-hydrogen) atoms. The second-order valence-corrected chi connectivity index (χ2v) is 9.06. The van der Waals surface area contributed by atoms with Crippen LogP contribution in [0.25, 0.3) is 0 Å². The van der Waals surface area contributed by atoms with E-state index in [0.29, 0.717) is 51.1 Å². The number of phenolic OH excluding ortho intramolecular Hbond substituents is 1. The van der Waals surface area contributed by atoms with Gasteiger partial charge in [-0.1, -0.05) is 22.0 Å². The van der Waals surface area contributed by atoms with Crippen molar-refractivity contribution in [2.75, 3.05) is 18.7 Å². The van der Waals surface area contributed by atoms with Crippen LogP contribution in [0.2, 0.25) is 0 Å². The molecule has 188 valence electrons. The van der Waals surface area contributed by atoms with Gasteiger partial charge >= 0.3 is 6.09 Å². The summed E-state index contributed by atoms with van der Waals surface area (Å²) >= 11 is 6.70. The van der Waals surface area contributed by atoms with Crippen molar-refractivity contribution in [1.29, 1.82) is 0 Å². The lowest BCUT2D eigenvalue weighted by Crippen LogP contribution is -2.29. The molecule has 0 aliphatic carbocycles. The zero-order chi connectivity index (χ0) is 25.4. The van der Waals surface area contributed by atoms with Crippen molar-refractivity contribution in [1.82, 2.24) is 5.48 Å². The van der Waals surface area contributed by atoms with Gasteiger partial charge in [0.1, 0.15) is 5.75 Å². The van der Waals surface area contributed by atoms with Crippen molar-refractivity contribution in [2.45, 2.75) is 32.0 Å². The molecule has 3 rings (SSSR count). The van der Waals surface area contributed by atoms with E-state index in [0.717, 1.165) is 0 Å². The van der Waals surface area contributed by atoms with Gasteiger partial charge in [-0.05, 0) is 60.0 Å². The Morgan fingerprint density at radius 1 is 1.20 bits per heavy atom. The number of allylic oxidation sites excluding steroid dienone is 1. The van der Waals surface area contributed by atoms with Crippen LogP contribution in [0.4, 0.5) is 10.5 Å². The molecule has 4 N–H and O–H groups in total. The number of aromatic hydroxyl groups is 1. The molecule has 1 heterocycles. The summed E-state index contributed by atoms with van der Waals surface area (Å²) in [5.74, 6) is 0.306. The van der Waals surface area contributed by atoms with Crippen LogP contribution in [0.3, 0.4) is 0 Å². The third-order valence-corrected chi connectivity index (χ3v) is 6.00. The topological polar surface area (TPSA) is 136 Å². The number of anilines is 1. The summed E-state index contributed by atoms with van der Waals surface area (Å²) in [6.45, 7) is 2.21. The number of rotatable bonds is 10. The van der Waals surface area contributed by atoms with E-state index in [1.165, 1.54) is 11.6 Å².